The number of unbranched alkanes of at least 4 members (excludes halogenated alkanes) is 1. The van der Waals surface area contributed by atoms with Gasteiger partial charge in [0.15, 0.2) is 0 Å². The van der Waals surface area contributed by atoms with Crippen LogP contribution in [0.25, 0.3) is 0 Å². The quantitative estimate of drug-likeness (QED) is 0.477. The molecule has 2 aromatic rings. The number of hydrogen-bond acceptors (Lipinski definition) is 7. The molecule has 0 fully saturated rings. The molecule has 1 heterocycles. The van der Waals surface area contributed by atoms with Gasteiger partial charge in [-0.15, -0.1) is 3.89 Å². The fourth-order valence-corrected chi connectivity index (χ4v) is 4.35. The molecular formula is C21H25ClFN5O2S. The summed E-state index contributed by atoms with van der Waals surface area (Å²) in [5, 5.41) is 0.585. The first-order valence-corrected chi connectivity index (χ1v) is 11.5. The van der Waals surface area contributed by atoms with E-state index in [-0.39, 0.29) is 16.8 Å². The summed E-state index contributed by atoms with van der Waals surface area (Å²) in [5.74, 6) is 0.391. The number of hydrogen-bond donors (Lipinski definition) is 2. The molecule has 2 aromatic carbocycles. The van der Waals surface area contributed by atoms with E-state index in [0.29, 0.717) is 5.02 Å². The third-order valence-electron chi connectivity index (χ3n) is 4.98. The van der Waals surface area contributed by atoms with Crippen molar-refractivity contribution in [3.8, 4) is 0 Å². The zero-order chi connectivity index (χ0) is 22.8. The van der Waals surface area contributed by atoms with Gasteiger partial charge >= 0.3 is 10.2 Å². The predicted octanol–water partition coefficient (Wildman–Crippen LogP) is 3.75. The summed E-state index contributed by atoms with van der Waals surface area (Å²) in [6.45, 7) is 3.78. The molecule has 0 atom stereocenters. The van der Waals surface area contributed by atoms with Crippen molar-refractivity contribution in [2.24, 2.45) is 21.5 Å². The van der Waals surface area contributed by atoms with Gasteiger partial charge in [-0.1, -0.05) is 23.7 Å². The van der Waals surface area contributed by atoms with Gasteiger partial charge in [-0.25, -0.2) is 4.99 Å². The van der Waals surface area contributed by atoms with E-state index in [9.17, 15) is 12.3 Å². The average molecular weight is 466 g/mol. The number of benzene rings is 2. The molecule has 0 aromatic heterocycles. The Morgan fingerprint density at radius 1 is 1.03 bits per heavy atom. The highest BCUT2D eigenvalue weighted by Gasteiger charge is 2.33. The first kappa shape index (κ1) is 23.0. The van der Waals surface area contributed by atoms with Crippen molar-refractivity contribution in [1.82, 2.24) is 0 Å². The summed E-state index contributed by atoms with van der Waals surface area (Å²) in [6, 6.07) is 11.6. The highest BCUT2D eigenvalue weighted by Crippen LogP contribution is 2.31. The van der Waals surface area contributed by atoms with E-state index in [1.807, 2.05) is 32.0 Å². The summed E-state index contributed by atoms with van der Waals surface area (Å²) in [7, 11) is -4.66. The molecule has 3 rings (SSSR count). The van der Waals surface area contributed by atoms with Gasteiger partial charge < -0.3 is 11.5 Å². The van der Waals surface area contributed by atoms with Crippen LogP contribution in [0.2, 0.25) is 5.02 Å². The Morgan fingerprint density at radius 2 is 1.65 bits per heavy atom. The molecule has 0 radical (unpaired) electrons. The van der Waals surface area contributed by atoms with E-state index < -0.39 is 15.9 Å². The third-order valence-corrected chi connectivity index (χ3v) is 6.03. The lowest BCUT2D eigenvalue weighted by Gasteiger charge is -2.38. The van der Waals surface area contributed by atoms with E-state index >= 15 is 0 Å². The lowest BCUT2D eigenvalue weighted by molar-refractivity contribution is 0.533. The number of aryl methyl sites for hydroxylation is 2. The molecule has 7 nitrogen and oxygen atoms in total. The second kappa shape index (κ2) is 8.84. The van der Waals surface area contributed by atoms with Crippen molar-refractivity contribution >= 4 is 39.4 Å². The second-order valence-electron chi connectivity index (χ2n) is 7.88. The number of aliphatic imine (C=N–C) groups is 2. The maximum absolute atomic E-state index is 13.0. The van der Waals surface area contributed by atoms with Crippen molar-refractivity contribution in [2.75, 3.05) is 4.90 Å². The summed E-state index contributed by atoms with van der Waals surface area (Å²) >= 11 is 6.35. The molecule has 0 spiro atoms. The van der Waals surface area contributed by atoms with Crippen LogP contribution in [0.1, 0.15) is 37.8 Å². The van der Waals surface area contributed by atoms with E-state index in [1.54, 1.807) is 17.0 Å². The number of halogens is 2. The van der Waals surface area contributed by atoms with Crippen molar-refractivity contribution in [1.29, 1.82) is 0 Å². The van der Waals surface area contributed by atoms with E-state index in [4.69, 9.17) is 23.1 Å². The maximum Gasteiger partial charge on any atom is 0.332 e. The zero-order valence-electron chi connectivity index (χ0n) is 17.3. The molecule has 1 aliphatic rings. The third kappa shape index (κ3) is 5.74. The number of guanidine groups is 2. The van der Waals surface area contributed by atoms with Crippen molar-refractivity contribution in [3.63, 3.8) is 0 Å². The van der Waals surface area contributed by atoms with Crippen molar-refractivity contribution in [3.05, 3.63) is 58.6 Å². The minimum Gasteiger partial charge on any atom is -0.369 e. The number of anilines is 1. The van der Waals surface area contributed by atoms with Gasteiger partial charge in [0.05, 0.1) is 4.90 Å². The van der Waals surface area contributed by atoms with Crippen LogP contribution < -0.4 is 16.4 Å². The van der Waals surface area contributed by atoms with Crippen LogP contribution >= 0.6 is 11.6 Å². The Labute approximate surface area is 186 Å². The average Bonchev–Trinajstić information content (AvgIpc) is 2.63. The number of nitrogens with zero attached hydrogens (tertiary/aromatic N) is 3. The van der Waals surface area contributed by atoms with Gasteiger partial charge in [-0.05, 0) is 81.0 Å². The lowest BCUT2D eigenvalue weighted by Crippen LogP contribution is -2.54. The van der Waals surface area contributed by atoms with E-state index in [2.05, 4.69) is 9.98 Å². The standard InChI is InChI=1S/C21H25ClFN5O2S/c1-21(2)27-19(24)26-20(25)28(21)17-12-15(11-16(22)13-17)6-4-3-5-14-7-9-18(10-8-14)31(23,29)30/h7-13H,3-6H2,1-2H3,(H4,24,25,26,27). The fraction of sp³-hybridized carbons (Fsp3) is 0.333. The molecule has 1 aliphatic heterocycles. The molecule has 0 amide bonds. The highest BCUT2D eigenvalue weighted by molar-refractivity contribution is 7.86. The number of rotatable bonds is 7. The van der Waals surface area contributed by atoms with E-state index in [0.717, 1.165) is 42.5 Å². The molecule has 4 N–H and O–H groups in total. The zero-order valence-corrected chi connectivity index (χ0v) is 18.9. The predicted molar refractivity (Wildman–Crippen MR) is 123 cm³/mol. The van der Waals surface area contributed by atoms with Gasteiger partial charge in [-0.2, -0.15) is 13.4 Å². The molecule has 166 valence electrons. The van der Waals surface area contributed by atoms with Gasteiger partial charge in [-0.3, -0.25) is 4.90 Å². The first-order chi connectivity index (χ1) is 14.5. The SMILES string of the molecule is CC1(C)N=C(N)N=C(N)N1c1cc(Cl)cc(CCCCc2ccc(S(=O)(=O)F)cc2)c1. The molecule has 0 saturated carbocycles. The Hall–Kier alpha value is -2.65. The number of nitrogens with two attached hydrogens (primary N) is 2. The Morgan fingerprint density at radius 3 is 2.23 bits per heavy atom. The Kier molecular flexibility index (Phi) is 6.56. The van der Waals surface area contributed by atoms with Crippen LogP contribution in [-0.2, 0) is 23.1 Å². The van der Waals surface area contributed by atoms with Gasteiger partial charge in [0, 0.05) is 10.7 Å². The molecule has 0 aliphatic carbocycles. The summed E-state index contributed by atoms with van der Waals surface area (Å²) in [4.78, 5) is 9.90. The van der Waals surface area contributed by atoms with Crippen molar-refractivity contribution < 1.29 is 12.3 Å². The molecule has 10 heteroatoms. The van der Waals surface area contributed by atoms with Crippen LogP contribution in [-0.4, -0.2) is 26.0 Å². The largest absolute Gasteiger partial charge is 0.369 e. The normalized spacial score (nSPS) is 16.1. The van der Waals surface area contributed by atoms with Gasteiger partial charge in [0.1, 0.15) is 5.66 Å². The molecule has 0 saturated heterocycles. The fourth-order valence-electron chi connectivity index (χ4n) is 3.63. The molecule has 31 heavy (non-hydrogen) atoms. The van der Waals surface area contributed by atoms with Crippen molar-refractivity contribution in [2.45, 2.75) is 50.1 Å². The van der Waals surface area contributed by atoms with Gasteiger partial charge in [0.2, 0.25) is 11.9 Å². The van der Waals surface area contributed by atoms with Gasteiger partial charge in [0.25, 0.3) is 0 Å². The first-order valence-electron chi connectivity index (χ1n) is 9.78. The summed E-state index contributed by atoms with van der Waals surface area (Å²) in [5.41, 5.74) is 13.9. The topological polar surface area (TPSA) is 114 Å². The van der Waals surface area contributed by atoms with Crippen LogP contribution in [0.4, 0.5) is 9.57 Å². The Balaban J connectivity index is 1.64. The smallest absolute Gasteiger partial charge is 0.332 e. The van der Waals surface area contributed by atoms with Crippen LogP contribution in [0.15, 0.2) is 57.3 Å². The monoisotopic (exact) mass is 465 g/mol. The minimum absolute atomic E-state index is 0.137. The lowest BCUT2D eigenvalue weighted by atomic mass is 10.0. The van der Waals surface area contributed by atoms with Crippen LogP contribution in [0, 0.1) is 0 Å². The summed E-state index contributed by atoms with van der Waals surface area (Å²) in [6.07, 6.45) is 3.32. The molecule has 0 unspecified atom stereocenters. The van der Waals surface area contributed by atoms with E-state index in [1.165, 1.54) is 12.1 Å². The maximum atomic E-state index is 13.0. The highest BCUT2D eigenvalue weighted by atomic mass is 35.5. The Bertz CT molecular complexity index is 1130. The van der Waals surface area contributed by atoms with Crippen LogP contribution in [0.3, 0.4) is 0 Å². The summed E-state index contributed by atoms with van der Waals surface area (Å²) < 4.78 is 34.8. The molecular weight excluding hydrogens is 441 g/mol. The second-order valence-corrected chi connectivity index (χ2v) is 9.66. The van der Waals surface area contributed by atoms with Crippen LogP contribution in [0.5, 0.6) is 0 Å². The minimum atomic E-state index is -4.66. The molecule has 0 bridgehead atoms.